The maximum absolute atomic E-state index is 5.25. The lowest BCUT2D eigenvalue weighted by molar-refractivity contribution is 1.03. The summed E-state index contributed by atoms with van der Waals surface area (Å²) >= 11 is 3.63. The molecule has 0 saturated heterocycles. The molecule has 2 rings (SSSR count). The summed E-state index contributed by atoms with van der Waals surface area (Å²) in [6.45, 7) is 0. The first-order valence-corrected chi connectivity index (χ1v) is 5.40. The highest BCUT2D eigenvalue weighted by Gasteiger charge is 2.14. The number of aryl methyl sites for hydroxylation is 1. The number of nitrogen functional groups attached to an aromatic ring is 1. The average Bonchev–Trinajstić information content (AvgIpc) is 2.46. The molecule has 0 unspecified atom stereocenters. The van der Waals surface area contributed by atoms with Crippen LogP contribution in [-0.2, 0) is 12.2 Å². The summed E-state index contributed by atoms with van der Waals surface area (Å²) < 4.78 is 0. The van der Waals surface area contributed by atoms with Gasteiger partial charge in [0.25, 0.3) is 0 Å². The van der Waals surface area contributed by atoms with Crippen LogP contribution in [0.15, 0.2) is 0 Å². The zero-order valence-corrected chi connectivity index (χ0v) is 7.60. The SMILES string of the molecule is NNc1nc2c(s1)CSCC2. The van der Waals surface area contributed by atoms with Crippen LogP contribution in [-0.4, -0.2) is 10.7 Å². The number of thioether (sulfide) groups is 1. The normalized spacial score (nSPS) is 16.1. The van der Waals surface area contributed by atoms with E-state index in [1.165, 1.54) is 16.3 Å². The van der Waals surface area contributed by atoms with Gasteiger partial charge in [0.05, 0.1) is 5.69 Å². The first-order valence-electron chi connectivity index (χ1n) is 3.43. The number of aromatic nitrogens is 1. The Hall–Kier alpha value is -0.260. The average molecular weight is 187 g/mol. The van der Waals surface area contributed by atoms with Gasteiger partial charge in [0.2, 0.25) is 0 Å². The molecule has 1 aliphatic heterocycles. The van der Waals surface area contributed by atoms with Crippen molar-refractivity contribution in [2.24, 2.45) is 5.84 Å². The second kappa shape index (κ2) is 3.00. The molecule has 0 spiro atoms. The molecule has 0 aliphatic carbocycles. The summed E-state index contributed by atoms with van der Waals surface area (Å²) in [6.07, 6.45) is 1.10. The van der Waals surface area contributed by atoms with Gasteiger partial charge in [-0.05, 0) is 12.2 Å². The quantitative estimate of drug-likeness (QED) is 0.512. The van der Waals surface area contributed by atoms with E-state index in [2.05, 4.69) is 10.4 Å². The molecule has 11 heavy (non-hydrogen) atoms. The van der Waals surface area contributed by atoms with E-state index in [0.29, 0.717) is 0 Å². The zero-order chi connectivity index (χ0) is 7.68. The van der Waals surface area contributed by atoms with Gasteiger partial charge in [0, 0.05) is 10.6 Å². The van der Waals surface area contributed by atoms with Crippen molar-refractivity contribution in [1.29, 1.82) is 0 Å². The Morgan fingerprint density at radius 2 is 2.45 bits per heavy atom. The number of thiazole rings is 1. The van der Waals surface area contributed by atoms with E-state index in [9.17, 15) is 0 Å². The lowest BCUT2D eigenvalue weighted by Crippen LogP contribution is -2.06. The first kappa shape index (κ1) is 7.39. The van der Waals surface area contributed by atoms with Gasteiger partial charge in [-0.1, -0.05) is 11.3 Å². The predicted octanol–water partition coefficient (Wildman–Crippen LogP) is 1.22. The second-order valence-corrected chi connectivity index (χ2v) is 4.52. The van der Waals surface area contributed by atoms with E-state index >= 15 is 0 Å². The molecule has 0 aromatic carbocycles. The van der Waals surface area contributed by atoms with Gasteiger partial charge < -0.3 is 0 Å². The number of hydrogen-bond donors (Lipinski definition) is 2. The highest BCUT2D eigenvalue weighted by Crippen LogP contribution is 2.31. The van der Waals surface area contributed by atoms with Gasteiger partial charge in [0.15, 0.2) is 5.13 Å². The molecule has 3 nitrogen and oxygen atoms in total. The Balaban J connectivity index is 2.32. The Kier molecular flexibility index (Phi) is 2.02. The topological polar surface area (TPSA) is 50.9 Å². The maximum Gasteiger partial charge on any atom is 0.197 e. The van der Waals surface area contributed by atoms with Gasteiger partial charge in [-0.15, -0.1) is 0 Å². The monoisotopic (exact) mass is 187 g/mol. The maximum atomic E-state index is 5.25. The molecule has 1 aromatic heterocycles. The third kappa shape index (κ3) is 1.36. The van der Waals surface area contributed by atoms with Crippen LogP contribution >= 0.6 is 23.1 Å². The summed E-state index contributed by atoms with van der Waals surface area (Å²) in [5, 5.41) is 0.845. The fourth-order valence-corrected chi connectivity index (χ4v) is 3.12. The number of hydrogen-bond acceptors (Lipinski definition) is 5. The van der Waals surface area contributed by atoms with Crippen LogP contribution in [0.5, 0.6) is 0 Å². The van der Waals surface area contributed by atoms with Crippen molar-refractivity contribution >= 4 is 28.2 Å². The fraction of sp³-hybridized carbons (Fsp3) is 0.500. The van der Waals surface area contributed by atoms with Crippen molar-refractivity contribution in [3.63, 3.8) is 0 Å². The van der Waals surface area contributed by atoms with Crippen LogP contribution in [0.4, 0.5) is 5.13 Å². The third-order valence-corrected chi connectivity index (χ3v) is 3.82. The molecule has 0 amide bonds. The summed E-state index contributed by atoms with van der Waals surface area (Å²) in [5.41, 5.74) is 3.82. The fourth-order valence-electron chi connectivity index (χ4n) is 1.09. The van der Waals surface area contributed by atoms with Crippen molar-refractivity contribution in [2.75, 3.05) is 11.2 Å². The molecule has 1 aliphatic rings. The number of fused-ring (bicyclic) bond motifs is 1. The number of rotatable bonds is 1. The van der Waals surface area contributed by atoms with Gasteiger partial charge in [-0.25, -0.2) is 10.8 Å². The largest absolute Gasteiger partial charge is 0.300 e. The van der Waals surface area contributed by atoms with Crippen molar-refractivity contribution in [3.05, 3.63) is 10.6 Å². The first-order chi connectivity index (χ1) is 5.40. The summed E-state index contributed by atoms with van der Waals surface area (Å²) in [6, 6.07) is 0. The van der Waals surface area contributed by atoms with Crippen molar-refractivity contribution < 1.29 is 0 Å². The van der Waals surface area contributed by atoms with E-state index in [1.807, 2.05) is 11.8 Å². The third-order valence-electron chi connectivity index (χ3n) is 1.62. The van der Waals surface area contributed by atoms with Crippen LogP contribution in [0.2, 0.25) is 0 Å². The Morgan fingerprint density at radius 3 is 3.18 bits per heavy atom. The molecule has 5 heteroatoms. The molecule has 3 N–H and O–H groups in total. The van der Waals surface area contributed by atoms with Crippen molar-refractivity contribution in [2.45, 2.75) is 12.2 Å². The highest BCUT2D eigenvalue weighted by atomic mass is 32.2. The number of hydrazine groups is 1. The number of anilines is 1. The van der Waals surface area contributed by atoms with Crippen LogP contribution in [0.25, 0.3) is 0 Å². The van der Waals surface area contributed by atoms with Crippen molar-refractivity contribution in [3.8, 4) is 0 Å². The molecule has 2 heterocycles. The molecule has 0 saturated carbocycles. The van der Waals surface area contributed by atoms with E-state index in [0.717, 1.165) is 17.3 Å². The van der Waals surface area contributed by atoms with Crippen LogP contribution in [0.3, 0.4) is 0 Å². The summed E-state index contributed by atoms with van der Waals surface area (Å²) in [5.74, 6) is 7.55. The zero-order valence-electron chi connectivity index (χ0n) is 5.96. The number of nitrogens with zero attached hydrogens (tertiary/aromatic N) is 1. The van der Waals surface area contributed by atoms with E-state index in [-0.39, 0.29) is 0 Å². The molecule has 0 radical (unpaired) electrons. The molecule has 60 valence electrons. The minimum atomic E-state index is 0.845. The second-order valence-electron chi connectivity index (χ2n) is 2.34. The highest BCUT2D eigenvalue weighted by molar-refractivity contribution is 7.98. The molecule has 0 fully saturated rings. The van der Waals surface area contributed by atoms with Crippen LogP contribution < -0.4 is 11.3 Å². The van der Waals surface area contributed by atoms with Gasteiger partial charge >= 0.3 is 0 Å². The van der Waals surface area contributed by atoms with Crippen LogP contribution in [0, 0.1) is 0 Å². The van der Waals surface area contributed by atoms with E-state index in [1.54, 1.807) is 11.3 Å². The Morgan fingerprint density at radius 1 is 1.55 bits per heavy atom. The number of nitrogens with two attached hydrogens (primary N) is 1. The lowest BCUT2D eigenvalue weighted by atomic mass is 10.3. The molecule has 0 atom stereocenters. The minimum absolute atomic E-state index is 0.845. The van der Waals surface area contributed by atoms with Gasteiger partial charge in [-0.3, -0.25) is 5.43 Å². The molecule has 1 aromatic rings. The smallest absolute Gasteiger partial charge is 0.197 e. The Labute approximate surface area is 73.4 Å². The number of nitrogens with one attached hydrogen (secondary N) is 1. The van der Waals surface area contributed by atoms with E-state index in [4.69, 9.17) is 5.84 Å². The minimum Gasteiger partial charge on any atom is -0.300 e. The predicted molar refractivity (Wildman–Crippen MR) is 49.8 cm³/mol. The van der Waals surface area contributed by atoms with Crippen molar-refractivity contribution in [1.82, 2.24) is 4.98 Å². The Bertz CT molecular complexity index is 235. The summed E-state index contributed by atoms with van der Waals surface area (Å²) in [7, 11) is 0. The van der Waals surface area contributed by atoms with E-state index < -0.39 is 0 Å². The molecular formula is C6H9N3S2. The summed E-state index contributed by atoms with van der Waals surface area (Å²) in [4.78, 5) is 5.72. The van der Waals surface area contributed by atoms with Gasteiger partial charge in [-0.2, -0.15) is 11.8 Å². The molecule has 0 bridgehead atoms. The lowest BCUT2D eigenvalue weighted by Gasteiger charge is -2.06. The van der Waals surface area contributed by atoms with Crippen LogP contribution in [0.1, 0.15) is 10.6 Å². The standard InChI is InChI=1S/C6H9N3S2/c7-9-6-8-4-1-2-10-3-5(4)11-6/h1-3,7H2,(H,8,9). The molecular weight excluding hydrogens is 178 g/mol. The van der Waals surface area contributed by atoms with Gasteiger partial charge in [0.1, 0.15) is 0 Å².